The molecule has 31 heavy (non-hydrogen) atoms. The lowest BCUT2D eigenvalue weighted by atomic mass is 9.94. The third-order valence-corrected chi connectivity index (χ3v) is 7.61. The van der Waals surface area contributed by atoms with Gasteiger partial charge in [0, 0.05) is 10.9 Å². The van der Waals surface area contributed by atoms with Crippen LogP contribution in [0.4, 0.5) is 0 Å². The maximum Gasteiger partial charge on any atom is 0.265 e. The summed E-state index contributed by atoms with van der Waals surface area (Å²) in [5, 5.41) is 7.19. The van der Waals surface area contributed by atoms with Crippen LogP contribution in [-0.2, 0) is 11.3 Å². The van der Waals surface area contributed by atoms with Gasteiger partial charge in [-0.2, -0.15) is 0 Å². The molecule has 0 saturated heterocycles. The van der Waals surface area contributed by atoms with Crippen molar-refractivity contribution in [3.63, 3.8) is 0 Å². The molecule has 6 heteroatoms. The second-order valence-electron chi connectivity index (χ2n) is 8.09. The first-order valence-electron chi connectivity index (χ1n) is 10.9. The Kier molecular flexibility index (Phi) is 7.20. The average molecular weight is 453 g/mol. The fourth-order valence-electron chi connectivity index (χ4n) is 4.26. The normalized spacial score (nSPS) is 15.4. The number of rotatable bonds is 7. The number of carbonyl (C=O) groups is 2. The topological polar surface area (TPSA) is 49.4 Å². The minimum Gasteiger partial charge on any atom is -0.351 e. The molecule has 1 atom stereocenters. The van der Waals surface area contributed by atoms with Gasteiger partial charge in [-0.25, -0.2) is 0 Å². The zero-order valence-electron chi connectivity index (χ0n) is 17.8. The van der Waals surface area contributed by atoms with E-state index >= 15 is 0 Å². The standard InChI is InChI=1S/C25H28N2O2S2/c1-18-9-5-6-13-21(18)23(24(28)26-19-10-3-2-4-11-19)27(17-20-12-7-15-30-20)25(29)22-14-8-16-31-22/h5-9,12-16,19,23H,2-4,10-11,17H2,1H3,(H,26,28)/t23-/m1/s1. The molecule has 0 radical (unpaired) electrons. The van der Waals surface area contributed by atoms with E-state index in [4.69, 9.17) is 0 Å². The Morgan fingerprint density at radius 1 is 1.00 bits per heavy atom. The Morgan fingerprint density at radius 3 is 2.42 bits per heavy atom. The Bertz CT molecular complexity index is 992. The van der Waals surface area contributed by atoms with E-state index < -0.39 is 6.04 Å². The summed E-state index contributed by atoms with van der Waals surface area (Å²) in [4.78, 5) is 30.8. The van der Waals surface area contributed by atoms with E-state index in [1.54, 1.807) is 16.2 Å². The van der Waals surface area contributed by atoms with Crippen molar-refractivity contribution in [3.05, 3.63) is 80.2 Å². The Balaban J connectivity index is 1.72. The Morgan fingerprint density at radius 2 is 1.74 bits per heavy atom. The molecular formula is C25H28N2O2S2. The van der Waals surface area contributed by atoms with Crippen LogP contribution < -0.4 is 5.32 Å². The lowest BCUT2D eigenvalue weighted by Gasteiger charge is -2.33. The number of hydrogen-bond acceptors (Lipinski definition) is 4. The molecule has 2 heterocycles. The zero-order chi connectivity index (χ0) is 21.6. The van der Waals surface area contributed by atoms with Crippen molar-refractivity contribution in [1.82, 2.24) is 10.2 Å². The smallest absolute Gasteiger partial charge is 0.265 e. The summed E-state index contributed by atoms with van der Waals surface area (Å²) in [5.74, 6) is -0.182. The molecule has 1 aliphatic carbocycles. The van der Waals surface area contributed by atoms with Crippen molar-refractivity contribution >= 4 is 34.5 Å². The second kappa shape index (κ2) is 10.2. The zero-order valence-corrected chi connectivity index (χ0v) is 19.4. The van der Waals surface area contributed by atoms with E-state index in [-0.39, 0.29) is 17.9 Å². The van der Waals surface area contributed by atoms with Crippen LogP contribution in [0.5, 0.6) is 0 Å². The van der Waals surface area contributed by atoms with Gasteiger partial charge in [-0.05, 0) is 53.8 Å². The minimum atomic E-state index is -0.667. The van der Waals surface area contributed by atoms with Gasteiger partial charge in [-0.15, -0.1) is 22.7 Å². The molecule has 1 saturated carbocycles. The summed E-state index contributed by atoms with van der Waals surface area (Å²) in [6.07, 6.45) is 5.54. The molecule has 4 rings (SSSR count). The SMILES string of the molecule is Cc1ccccc1[C@H](C(=O)NC1CCCCC1)N(Cc1cccs1)C(=O)c1cccs1. The minimum absolute atomic E-state index is 0.0809. The van der Waals surface area contributed by atoms with Gasteiger partial charge in [-0.1, -0.05) is 55.7 Å². The highest BCUT2D eigenvalue weighted by Crippen LogP contribution is 2.30. The van der Waals surface area contributed by atoms with E-state index in [1.807, 2.05) is 66.2 Å². The highest BCUT2D eigenvalue weighted by Gasteiger charge is 2.34. The first-order chi connectivity index (χ1) is 15.1. The van der Waals surface area contributed by atoms with Gasteiger partial charge in [0.2, 0.25) is 5.91 Å². The predicted molar refractivity (Wildman–Crippen MR) is 127 cm³/mol. The maximum atomic E-state index is 13.7. The molecular weight excluding hydrogens is 424 g/mol. The lowest BCUT2D eigenvalue weighted by Crippen LogP contribution is -2.46. The highest BCUT2D eigenvalue weighted by molar-refractivity contribution is 7.12. The van der Waals surface area contributed by atoms with Crippen LogP contribution in [0.15, 0.2) is 59.3 Å². The van der Waals surface area contributed by atoms with Gasteiger partial charge in [-0.3, -0.25) is 9.59 Å². The second-order valence-corrected chi connectivity index (χ2v) is 10.1. The van der Waals surface area contributed by atoms with Crippen LogP contribution in [0.2, 0.25) is 0 Å². The van der Waals surface area contributed by atoms with Crippen LogP contribution >= 0.6 is 22.7 Å². The monoisotopic (exact) mass is 452 g/mol. The van der Waals surface area contributed by atoms with Crippen molar-refractivity contribution in [3.8, 4) is 0 Å². The van der Waals surface area contributed by atoms with Crippen molar-refractivity contribution in [2.45, 2.75) is 57.7 Å². The number of thiophene rings is 2. The van der Waals surface area contributed by atoms with Crippen LogP contribution in [-0.4, -0.2) is 22.8 Å². The van der Waals surface area contributed by atoms with Gasteiger partial charge in [0.25, 0.3) is 5.91 Å². The molecule has 1 aromatic carbocycles. The fourth-order valence-corrected chi connectivity index (χ4v) is 5.65. The summed E-state index contributed by atoms with van der Waals surface area (Å²) < 4.78 is 0. The van der Waals surface area contributed by atoms with Gasteiger partial charge in [0.15, 0.2) is 0 Å². The Hall–Kier alpha value is -2.44. The summed E-state index contributed by atoms with van der Waals surface area (Å²) in [6, 6.07) is 15.1. The maximum absolute atomic E-state index is 13.7. The Labute approximate surface area is 191 Å². The van der Waals surface area contributed by atoms with Crippen LogP contribution in [0.25, 0.3) is 0 Å². The molecule has 0 spiro atoms. The van der Waals surface area contributed by atoms with E-state index in [0.717, 1.165) is 41.7 Å². The van der Waals surface area contributed by atoms with Crippen LogP contribution in [0.3, 0.4) is 0 Å². The molecule has 0 unspecified atom stereocenters. The van der Waals surface area contributed by atoms with Gasteiger partial charge in [0.1, 0.15) is 6.04 Å². The van der Waals surface area contributed by atoms with Gasteiger partial charge < -0.3 is 10.2 Å². The molecule has 0 bridgehead atoms. The number of benzene rings is 1. The summed E-state index contributed by atoms with van der Waals surface area (Å²) in [5.41, 5.74) is 1.90. The number of amides is 2. The number of nitrogens with one attached hydrogen (secondary N) is 1. The van der Waals surface area contributed by atoms with E-state index in [0.29, 0.717) is 11.4 Å². The number of aryl methyl sites for hydroxylation is 1. The van der Waals surface area contributed by atoms with Gasteiger partial charge in [0.05, 0.1) is 11.4 Å². The molecule has 0 aliphatic heterocycles. The summed E-state index contributed by atoms with van der Waals surface area (Å²) >= 11 is 3.02. The first-order valence-corrected chi connectivity index (χ1v) is 12.6. The van der Waals surface area contributed by atoms with E-state index in [9.17, 15) is 9.59 Å². The van der Waals surface area contributed by atoms with Crippen LogP contribution in [0.1, 0.15) is 63.8 Å². The van der Waals surface area contributed by atoms with Crippen molar-refractivity contribution in [2.75, 3.05) is 0 Å². The number of hydrogen-bond donors (Lipinski definition) is 1. The largest absolute Gasteiger partial charge is 0.351 e. The van der Waals surface area contributed by atoms with Crippen molar-refractivity contribution in [1.29, 1.82) is 0 Å². The number of nitrogens with zero attached hydrogens (tertiary/aromatic N) is 1. The van der Waals surface area contributed by atoms with Crippen LogP contribution in [0, 0.1) is 6.92 Å². The summed E-state index contributed by atoms with van der Waals surface area (Å²) in [7, 11) is 0. The first kappa shape index (κ1) is 21.8. The molecule has 162 valence electrons. The fraction of sp³-hybridized carbons (Fsp3) is 0.360. The van der Waals surface area contributed by atoms with Crippen molar-refractivity contribution < 1.29 is 9.59 Å². The molecule has 1 N–H and O–H groups in total. The molecule has 2 aromatic heterocycles. The molecule has 2 amide bonds. The molecule has 3 aromatic rings. The number of carbonyl (C=O) groups excluding carboxylic acids is 2. The predicted octanol–water partition coefficient (Wildman–Crippen LogP) is 5.95. The lowest BCUT2D eigenvalue weighted by molar-refractivity contribution is -0.127. The third kappa shape index (κ3) is 5.25. The molecule has 1 fully saturated rings. The molecule has 1 aliphatic rings. The van der Waals surface area contributed by atoms with E-state index in [2.05, 4.69) is 5.32 Å². The van der Waals surface area contributed by atoms with Crippen molar-refractivity contribution in [2.24, 2.45) is 0 Å². The van der Waals surface area contributed by atoms with Gasteiger partial charge >= 0.3 is 0 Å². The third-order valence-electron chi connectivity index (χ3n) is 5.89. The highest BCUT2D eigenvalue weighted by atomic mass is 32.1. The average Bonchev–Trinajstić information content (AvgIpc) is 3.49. The van der Waals surface area contributed by atoms with E-state index in [1.165, 1.54) is 17.8 Å². The molecule has 4 nitrogen and oxygen atoms in total. The quantitative estimate of drug-likeness (QED) is 0.481. The summed E-state index contributed by atoms with van der Waals surface area (Å²) in [6.45, 7) is 2.42.